The van der Waals surface area contributed by atoms with E-state index in [0.29, 0.717) is 18.0 Å². The molecule has 1 nitrogen and oxygen atoms in total. The first-order chi connectivity index (χ1) is 7.25. The zero-order valence-corrected chi connectivity index (χ0v) is 9.47. The van der Waals surface area contributed by atoms with E-state index in [1.54, 1.807) is 12.1 Å². The minimum absolute atomic E-state index is 0.00572. The van der Waals surface area contributed by atoms with Crippen molar-refractivity contribution in [2.75, 3.05) is 12.4 Å². The fraction of sp³-hybridized carbons (Fsp3) is 0.333. The molecule has 0 amide bonds. The van der Waals surface area contributed by atoms with Crippen molar-refractivity contribution in [3.63, 3.8) is 0 Å². The molecule has 0 heterocycles. The second kappa shape index (κ2) is 6.59. The van der Waals surface area contributed by atoms with Gasteiger partial charge in [-0.3, -0.25) is 0 Å². The Balaban J connectivity index is 2.50. The molecule has 0 aliphatic heterocycles. The van der Waals surface area contributed by atoms with Crippen LogP contribution in [-0.4, -0.2) is 12.4 Å². The number of nitrogens with one attached hydrogen (secondary N) is 1. The molecule has 0 aromatic heterocycles. The van der Waals surface area contributed by atoms with Gasteiger partial charge in [0.25, 0.3) is 0 Å². The van der Waals surface area contributed by atoms with Gasteiger partial charge in [-0.2, -0.15) is 0 Å². The third-order valence-electron chi connectivity index (χ3n) is 2.17. The predicted molar refractivity (Wildman–Crippen MR) is 62.7 cm³/mol. The van der Waals surface area contributed by atoms with E-state index in [2.05, 4.69) is 5.32 Å². The Bertz CT molecular complexity index is 325. The lowest BCUT2D eigenvalue weighted by Crippen LogP contribution is -2.19. The first-order valence-electron chi connectivity index (χ1n) is 4.94. The van der Waals surface area contributed by atoms with E-state index in [1.165, 1.54) is 6.07 Å². The lowest BCUT2D eigenvalue weighted by atomic mass is 10.1. The first-order valence-corrected chi connectivity index (χ1v) is 5.48. The van der Waals surface area contributed by atoms with Crippen molar-refractivity contribution in [2.45, 2.75) is 13.0 Å². The van der Waals surface area contributed by atoms with Gasteiger partial charge in [0, 0.05) is 24.0 Å². The fourth-order valence-corrected chi connectivity index (χ4v) is 1.45. The number of rotatable bonds is 5. The number of allylic oxidation sites excluding steroid dienone is 1. The SMILES string of the molecule is C[C@@H](NC/C=C/CCl)c1ccccc1F. The Hall–Kier alpha value is -0.860. The molecule has 0 fully saturated rings. The standard InChI is InChI=1S/C12H15ClFN/c1-10(15-9-5-4-8-13)11-6-2-3-7-12(11)14/h2-7,10,15H,8-9H2,1H3/b5-4+/t10-/m1/s1. The monoisotopic (exact) mass is 227 g/mol. The van der Waals surface area contributed by atoms with Crippen LogP contribution < -0.4 is 5.32 Å². The molecule has 0 aliphatic carbocycles. The third kappa shape index (κ3) is 4.02. The molecule has 1 aromatic rings. The van der Waals surface area contributed by atoms with Gasteiger partial charge >= 0.3 is 0 Å². The van der Waals surface area contributed by atoms with Crippen LogP contribution in [0.5, 0.6) is 0 Å². The minimum atomic E-state index is -0.168. The van der Waals surface area contributed by atoms with E-state index in [0.717, 1.165) is 0 Å². The second-order valence-corrected chi connectivity index (χ2v) is 3.59. The fourth-order valence-electron chi connectivity index (χ4n) is 1.33. The molecule has 1 atom stereocenters. The Kier molecular flexibility index (Phi) is 5.37. The van der Waals surface area contributed by atoms with Crippen LogP contribution in [0, 0.1) is 5.82 Å². The lowest BCUT2D eigenvalue weighted by Gasteiger charge is -2.13. The molecule has 3 heteroatoms. The summed E-state index contributed by atoms with van der Waals surface area (Å²) in [6, 6.07) is 6.80. The first kappa shape index (κ1) is 12.2. The highest BCUT2D eigenvalue weighted by molar-refractivity contribution is 6.18. The smallest absolute Gasteiger partial charge is 0.127 e. The summed E-state index contributed by atoms with van der Waals surface area (Å²) in [4.78, 5) is 0. The van der Waals surface area contributed by atoms with Crippen LogP contribution in [0.3, 0.4) is 0 Å². The van der Waals surface area contributed by atoms with Crippen molar-refractivity contribution in [2.24, 2.45) is 0 Å². The summed E-state index contributed by atoms with van der Waals surface area (Å²) in [7, 11) is 0. The van der Waals surface area contributed by atoms with Crippen LogP contribution in [0.4, 0.5) is 4.39 Å². The zero-order valence-electron chi connectivity index (χ0n) is 8.71. The molecular weight excluding hydrogens is 213 g/mol. The normalized spacial score (nSPS) is 13.3. The van der Waals surface area contributed by atoms with Crippen molar-refractivity contribution in [3.05, 3.63) is 47.8 Å². The van der Waals surface area contributed by atoms with Gasteiger partial charge < -0.3 is 5.32 Å². The zero-order chi connectivity index (χ0) is 11.1. The summed E-state index contributed by atoms with van der Waals surface area (Å²) in [5.74, 6) is 0.342. The van der Waals surface area contributed by atoms with Crippen molar-refractivity contribution >= 4 is 11.6 Å². The molecule has 15 heavy (non-hydrogen) atoms. The second-order valence-electron chi connectivity index (χ2n) is 3.28. The van der Waals surface area contributed by atoms with Crippen LogP contribution in [0.15, 0.2) is 36.4 Å². The number of alkyl halides is 1. The van der Waals surface area contributed by atoms with Gasteiger partial charge in [-0.15, -0.1) is 11.6 Å². The summed E-state index contributed by atoms with van der Waals surface area (Å²) < 4.78 is 13.3. The van der Waals surface area contributed by atoms with Crippen LogP contribution >= 0.6 is 11.6 Å². The van der Waals surface area contributed by atoms with Crippen LogP contribution in [-0.2, 0) is 0 Å². The molecule has 1 rings (SSSR count). The highest BCUT2D eigenvalue weighted by Gasteiger charge is 2.07. The molecule has 0 aliphatic rings. The Labute approximate surface area is 95.0 Å². The topological polar surface area (TPSA) is 12.0 Å². The van der Waals surface area contributed by atoms with Crippen molar-refractivity contribution in [3.8, 4) is 0 Å². The molecule has 0 radical (unpaired) electrons. The maximum Gasteiger partial charge on any atom is 0.127 e. The molecule has 0 spiro atoms. The van der Waals surface area contributed by atoms with Gasteiger partial charge in [0.2, 0.25) is 0 Å². The van der Waals surface area contributed by atoms with E-state index in [1.807, 2.05) is 25.1 Å². The summed E-state index contributed by atoms with van der Waals surface area (Å²) in [6.45, 7) is 2.63. The van der Waals surface area contributed by atoms with Gasteiger partial charge in [0.05, 0.1) is 0 Å². The van der Waals surface area contributed by atoms with Crippen molar-refractivity contribution in [1.82, 2.24) is 5.32 Å². The molecule has 82 valence electrons. The van der Waals surface area contributed by atoms with Crippen molar-refractivity contribution in [1.29, 1.82) is 0 Å². The van der Waals surface area contributed by atoms with E-state index in [4.69, 9.17) is 11.6 Å². The van der Waals surface area contributed by atoms with Crippen LogP contribution in [0.2, 0.25) is 0 Å². The summed E-state index contributed by atoms with van der Waals surface area (Å²) in [6.07, 6.45) is 3.80. The lowest BCUT2D eigenvalue weighted by molar-refractivity contribution is 0.549. The van der Waals surface area contributed by atoms with Crippen LogP contribution in [0.25, 0.3) is 0 Å². The summed E-state index contributed by atoms with van der Waals surface area (Å²) in [5.41, 5.74) is 0.691. The number of hydrogen-bond acceptors (Lipinski definition) is 1. The Morgan fingerprint density at radius 3 is 2.80 bits per heavy atom. The predicted octanol–water partition coefficient (Wildman–Crippen LogP) is 3.27. The maximum absolute atomic E-state index is 13.3. The Morgan fingerprint density at radius 1 is 1.40 bits per heavy atom. The largest absolute Gasteiger partial charge is 0.307 e. The van der Waals surface area contributed by atoms with E-state index in [9.17, 15) is 4.39 Å². The quantitative estimate of drug-likeness (QED) is 0.602. The van der Waals surface area contributed by atoms with Gasteiger partial charge in [0.15, 0.2) is 0 Å². The third-order valence-corrected chi connectivity index (χ3v) is 2.35. The van der Waals surface area contributed by atoms with Crippen molar-refractivity contribution < 1.29 is 4.39 Å². The molecule has 1 aromatic carbocycles. The highest BCUT2D eigenvalue weighted by atomic mass is 35.5. The van der Waals surface area contributed by atoms with Gasteiger partial charge in [-0.1, -0.05) is 30.4 Å². The van der Waals surface area contributed by atoms with E-state index in [-0.39, 0.29) is 11.9 Å². The summed E-state index contributed by atoms with van der Waals surface area (Å²) >= 11 is 5.48. The Morgan fingerprint density at radius 2 is 2.13 bits per heavy atom. The highest BCUT2D eigenvalue weighted by Crippen LogP contribution is 2.15. The molecule has 0 bridgehead atoms. The molecule has 1 N–H and O–H groups in total. The van der Waals surface area contributed by atoms with Gasteiger partial charge in [0.1, 0.15) is 5.82 Å². The number of benzene rings is 1. The minimum Gasteiger partial charge on any atom is -0.307 e. The molecule has 0 saturated carbocycles. The van der Waals surface area contributed by atoms with Crippen LogP contribution in [0.1, 0.15) is 18.5 Å². The number of halogens is 2. The summed E-state index contributed by atoms with van der Waals surface area (Å²) in [5, 5.41) is 3.19. The van der Waals surface area contributed by atoms with Gasteiger partial charge in [-0.25, -0.2) is 4.39 Å². The molecule has 0 saturated heterocycles. The van der Waals surface area contributed by atoms with E-state index < -0.39 is 0 Å². The average molecular weight is 228 g/mol. The molecule has 0 unspecified atom stereocenters. The molecular formula is C12H15ClFN. The number of hydrogen-bond donors (Lipinski definition) is 1. The van der Waals surface area contributed by atoms with Gasteiger partial charge in [-0.05, 0) is 13.0 Å². The average Bonchev–Trinajstić information content (AvgIpc) is 2.25. The maximum atomic E-state index is 13.3. The van der Waals surface area contributed by atoms with E-state index >= 15 is 0 Å².